The smallest absolute Gasteiger partial charge is 0.106 e. The van der Waals surface area contributed by atoms with Crippen molar-refractivity contribution >= 4 is 15.9 Å². The molecule has 1 N–H and O–H groups in total. The Morgan fingerprint density at radius 1 is 1.25 bits per heavy atom. The fourth-order valence-corrected chi connectivity index (χ4v) is 1.28. The van der Waals surface area contributed by atoms with E-state index in [0.29, 0.717) is 0 Å². The van der Waals surface area contributed by atoms with Crippen LogP contribution in [0.15, 0.2) is 41.3 Å². The Morgan fingerprint density at radius 2 is 2.17 bits per heavy atom. The highest BCUT2D eigenvalue weighted by Gasteiger charge is 1.96. The average molecular weight is 223 g/mol. The van der Waals surface area contributed by atoms with Gasteiger partial charge in [-0.05, 0) is 40.2 Å². The predicted molar refractivity (Wildman–Crippen MR) is 51.7 cm³/mol. The first-order valence-electron chi connectivity index (χ1n) is 3.61. The molecule has 0 unspecified atom stereocenters. The van der Waals surface area contributed by atoms with Crippen molar-refractivity contribution in [2.45, 2.75) is 0 Å². The normalized spacial score (nSPS) is 10.1. The molecule has 2 aromatic rings. The number of rotatable bonds is 1. The second kappa shape index (κ2) is 3.11. The van der Waals surface area contributed by atoms with Crippen molar-refractivity contribution in [1.29, 1.82) is 0 Å². The van der Waals surface area contributed by atoms with Crippen molar-refractivity contribution in [3.05, 3.63) is 41.3 Å². The molecule has 0 saturated heterocycles. The van der Waals surface area contributed by atoms with Gasteiger partial charge in [-0.1, -0.05) is 0 Å². The molecule has 2 rings (SSSR count). The summed E-state index contributed by atoms with van der Waals surface area (Å²) in [6.07, 6.45) is 3.73. The number of nitrogens with zero attached hydrogens (tertiary/aromatic N) is 1. The van der Waals surface area contributed by atoms with Gasteiger partial charge in [0, 0.05) is 23.7 Å². The van der Waals surface area contributed by atoms with E-state index in [1.165, 1.54) is 0 Å². The number of H-pyrrole nitrogens is 1. The molecule has 3 heteroatoms. The van der Waals surface area contributed by atoms with Gasteiger partial charge in [-0.25, -0.2) is 4.98 Å². The van der Waals surface area contributed by atoms with Gasteiger partial charge in [0.2, 0.25) is 0 Å². The molecule has 0 aliphatic rings. The van der Waals surface area contributed by atoms with E-state index in [9.17, 15) is 0 Å². The third kappa shape index (κ3) is 1.41. The molecule has 60 valence electrons. The van der Waals surface area contributed by atoms with Gasteiger partial charge in [0.05, 0.1) is 0 Å². The zero-order valence-electron chi connectivity index (χ0n) is 6.29. The zero-order chi connectivity index (χ0) is 8.39. The summed E-state index contributed by atoms with van der Waals surface area (Å²) in [5.74, 6) is 0. The summed E-state index contributed by atoms with van der Waals surface area (Å²) in [6, 6.07) is 7.93. The SMILES string of the molecule is Brc1ccc(-c2ccc[nH]2)cn1. The fourth-order valence-electron chi connectivity index (χ4n) is 1.05. The standard InChI is InChI=1S/C9H7BrN2/c10-9-4-3-7(6-12-9)8-2-1-5-11-8/h1-6,11H. The molecule has 2 aromatic heterocycles. The summed E-state index contributed by atoms with van der Waals surface area (Å²) < 4.78 is 0.859. The van der Waals surface area contributed by atoms with Crippen molar-refractivity contribution in [1.82, 2.24) is 9.97 Å². The molecule has 0 aliphatic carbocycles. The largest absolute Gasteiger partial charge is 0.361 e. The topological polar surface area (TPSA) is 28.7 Å². The monoisotopic (exact) mass is 222 g/mol. The van der Waals surface area contributed by atoms with Gasteiger partial charge in [-0.2, -0.15) is 0 Å². The number of nitrogens with one attached hydrogen (secondary N) is 1. The van der Waals surface area contributed by atoms with Gasteiger partial charge in [0.15, 0.2) is 0 Å². The van der Waals surface area contributed by atoms with E-state index in [1.54, 1.807) is 0 Å². The van der Waals surface area contributed by atoms with Gasteiger partial charge in [-0.3, -0.25) is 0 Å². The van der Waals surface area contributed by atoms with Crippen LogP contribution in [0.2, 0.25) is 0 Å². The molecule has 0 radical (unpaired) electrons. The molecule has 0 fully saturated rings. The molecule has 0 spiro atoms. The molecule has 12 heavy (non-hydrogen) atoms. The van der Waals surface area contributed by atoms with Crippen molar-refractivity contribution in [3.63, 3.8) is 0 Å². The molecule has 0 atom stereocenters. The molecule has 0 aromatic carbocycles. The maximum absolute atomic E-state index is 4.13. The lowest BCUT2D eigenvalue weighted by molar-refractivity contribution is 1.26. The lowest BCUT2D eigenvalue weighted by atomic mass is 10.2. The number of aromatic amines is 1. The van der Waals surface area contributed by atoms with Gasteiger partial charge < -0.3 is 4.98 Å². The second-order valence-corrected chi connectivity index (χ2v) is 3.27. The first kappa shape index (κ1) is 7.55. The number of hydrogen-bond donors (Lipinski definition) is 1. The van der Waals surface area contributed by atoms with Crippen molar-refractivity contribution in [3.8, 4) is 11.3 Å². The van der Waals surface area contributed by atoms with Crippen LogP contribution in [0, 0.1) is 0 Å². The Labute approximate surface area is 78.8 Å². The second-order valence-electron chi connectivity index (χ2n) is 2.45. The summed E-state index contributed by atoms with van der Waals surface area (Å²) in [6.45, 7) is 0. The number of halogens is 1. The lowest BCUT2D eigenvalue weighted by Gasteiger charge is -1.95. The Kier molecular flexibility index (Phi) is 1.96. The van der Waals surface area contributed by atoms with Crippen molar-refractivity contribution < 1.29 is 0 Å². The third-order valence-corrected chi connectivity index (χ3v) is 2.11. The Balaban J connectivity index is 2.43. The Morgan fingerprint density at radius 3 is 2.75 bits per heavy atom. The van der Waals surface area contributed by atoms with Crippen LogP contribution in [0.25, 0.3) is 11.3 Å². The Bertz CT molecular complexity index is 351. The van der Waals surface area contributed by atoms with Crippen LogP contribution in [0.1, 0.15) is 0 Å². The van der Waals surface area contributed by atoms with Gasteiger partial charge in [0.1, 0.15) is 4.60 Å². The van der Waals surface area contributed by atoms with Gasteiger partial charge in [0.25, 0.3) is 0 Å². The molecule has 0 saturated carbocycles. The van der Waals surface area contributed by atoms with Crippen LogP contribution in [0.4, 0.5) is 0 Å². The van der Waals surface area contributed by atoms with E-state index < -0.39 is 0 Å². The van der Waals surface area contributed by atoms with Crippen LogP contribution in [0.3, 0.4) is 0 Å². The van der Waals surface area contributed by atoms with E-state index >= 15 is 0 Å². The summed E-state index contributed by atoms with van der Waals surface area (Å²) in [4.78, 5) is 7.25. The zero-order valence-corrected chi connectivity index (χ0v) is 7.88. The Hall–Kier alpha value is -1.09. The molecular formula is C9H7BrN2. The molecule has 0 amide bonds. The minimum atomic E-state index is 0.859. The molecule has 2 heterocycles. The van der Waals surface area contributed by atoms with Crippen molar-refractivity contribution in [2.24, 2.45) is 0 Å². The fraction of sp³-hybridized carbons (Fsp3) is 0. The lowest BCUT2D eigenvalue weighted by Crippen LogP contribution is -1.79. The summed E-state index contributed by atoms with van der Waals surface area (Å²) >= 11 is 3.29. The predicted octanol–water partition coefficient (Wildman–Crippen LogP) is 2.84. The number of aromatic nitrogens is 2. The highest BCUT2D eigenvalue weighted by Crippen LogP contribution is 2.16. The summed E-state index contributed by atoms with van der Waals surface area (Å²) in [7, 11) is 0. The minimum Gasteiger partial charge on any atom is -0.361 e. The molecule has 0 aliphatic heterocycles. The summed E-state index contributed by atoms with van der Waals surface area (Å²) in [5.41, 5.74) is 2.19. The van der Waals surface area contributed by atoms with Gasteiger partial charge in [-0.15, -0.1) is 0 Å². The maximum atomic E-state index is 4.13. The highest BCUT2D eigenvalue weighted by molar-refractivity contribution is 9.10. The maximum Gasteiger partial charge on any atom is 0.106 e. The number of hydrogen-bond acceptors (Lipinski definition) is 1. The van der Waals surface area contributed by atoms with E-state index in [0.717, 1.165) is 15.9 Å². The first-order valence-corrected chi connectivity index (χ1v) is 4.41. The number of pyridine rings is 1. The molecule has 2 nitrogen and oxygen atoms in total. The molecule has 0 bridgehead atoms. The average Bonchev–Trinajstić information content (AvgIpc) is 2.58. The van der Waals surface area contributed by atoms with Crippen LogP contribution in [-0.4, -0.2) is 9.97 Å². The van der Waals surface area contributed by atoms with Gasteiger partial charge >= 0.3 is 0 Å². The van der Waals surface area contributed by atoms with Crippen molar-refractivity contribution in [2.75, 3.05) is 0 Å². The van der Waals surface area contributed by atoms with Crippen LogP contribution in [-0.2, 0) is 0 Å². The third-order valence-electron chi connectivity index (χ3n) is 1.64. The minimum absolute atomic E-state index is 0.859. The van der Waals surface area contributed by atoms with E-state index in [4.69, 9.17) is 0 Å². The van der Waals surface area contributed by atoms with E-state index in [1.807, 2.05) is 36.7 Å². The molecular weight excluding hydrogens is 216 g/mol. The van der Waals surface area contributed by atoms with Crippen LogP contribution < -0.4 is 0 Å². The van der Waals surface area contributed by atoms with E-state index in [-0.39, 0.29) is 0 Å². The first-order chi connectivity index (χ1) is 5.86. The summed E-state index contributed by atoms with van der Waals surface area (Å²) in [5, 5.41) is 0. The van der Waals surface area contributed by atoms with Crippen LogP contribution in [0.5, 0.6) is 0 Å². The highest BCUT2D eigenvalue weighted by atomic mass is 79.9. The quantitative estimate of drug-likeness (QED) is 0.740. The van der Waals surface area contributed by atoms with Crippen LogP contribution >= 0.6 is 15.9 Å². The van der Waals surface area contributed by atoms with E-state index in [2.05, 4.69) is 25.9 Å².